The number of allylic oxidation sites excluding steroid dienone is 2. The molecule has 6 nitrogen and oxygen atoms in total. The van der Waals surface area contributed by atoms with E-state index in [1.54, 1.807) is 6.07 Å². The Balaban J connectivity index is 2.73. The molecule has 2 rings (SSSR count). The summed E-state index contributed by atoms with van der Waals surface area (Å²) in [5, 5.41) is 0. The molecular formula is C18H20O6. The minimum atomic E-state index is -0.588. The molecular weight excluding hydrogens is 312 g/mol. The highest BCUT2D eigenvalue weighted by Gasteiger charge is 2.32. The Kier molecular flexibility index (Phi) is 5.39. The second-order valence-electron chi connectivity index (χ2n) is 5.40. The van der Waals surface area contributed by atoms with Crippen LogP contribution in [-0.4, -0.2) is 31.8 Å². The maximum Gasteiger partial charge on any atom is 0.303 e. The third-order valence-corrected chi connectivity index (χ3v) is 3.78. The van der Waals surface area contributed by atoms with Crippen LogP contribution >= 0.6 is 0 Å². The fraction of sp³-hybridized carbons (Fsp3) is 0.389. The molecule has 0 aliphatic heterocycles. The van der Waals surface area contributed by atoms with Gasteiger partial charge < -0.3 is 14.2 Å². The van der Waals surface area contributed by atoms with Crippen molar-refractivity contribution in [1.29, 1.82) is 0 Å². The number of ether oxygens (including phenoxy) is 3. The van der Waals surface area contributed by atoms with Crippen LogP contribution in [0.2, 0.25) is 0 Å². The highest BCUT2D eigenvalue weighted by molar-refractivity contribution is 6.24. The van der Waals surface area contributed by atoms with Gasteiger partial charge in [0.1, 0.15) is 17.6 Å². The maximum atomic E-state index is 12.4. The first-order valence-electron chi connectivity index (χ1n) is 7.67. The number of fused-ring (bicyclic) bond motifs is 1. The van der Waals surface area contributed by atoms with E-state index in [0.717, 1.165) is 6.42 Å². The van der Waals surface area contributed by atoms with Crippen LogP contribution in [0.3, 0.4) is 0 Å². The van der Waals surface area contributed by atoms with Crippen LogP contribution in [0.15, 0.2) is 18.2 Å². The van der Waals surface area contributed by atoms with Gasteiger partial charge in [-0.3, -0.25) is 14.4 Å². The van der Waals surface area contributed by atoms with Gasteiger partial charge in [-0.25, -0.2) is 0 Å². The van der Waals surface area contributed by atoms with E-state index < -0.39 is 12.1 Å². The number of hydrogen-bond donors (Lipinski definition) is 0. The first-order valence-corrected chi connectivity index (χ1v) is 7.67. The van der Waals surface area contributed by atoms with E-state index in [-0.39, 0.29) is 34.2 Å². The molecule has 0 spiro atoms. The zero-order chi connectivity index (χ0) is 17.9. The minimum absolute atomic E-state index is 0.146. The number of methoxy groups -OCH3 is 2. The predicted molar refractivity (Wildman–Crippen MR) is 86.8 cm³/mol. The lowest BCUT2D eigenvalue weighted by Gasteiger charge is -2.24. The number of hydrogen-bond acceptors (Lipinski definition) is 6. The fourth-order valence-electron chi connectivity index (χ4n) is 2.82. The molecule has 0 radical (unpaired) electrons. The van der Waals surface area contributed by atoms with Crippen LogP contribution in [0.5, 0.6) is 11.5 Å². The van der Waals surface area contributed by atoms with Gasteiger partial charge in [-0.1, -0.05) is 13.3 Å². The standard InChI is InChI=1S/C18H20O6/c1-5-6-14(24-10(2)19)11-9-15(22-3)16-12(20)7-8-13(21)17(16)18(11)23-4/h7-9,14H,5-6H2,1-4H3. The summed E-state index contributed by atoms with van der Waals surface area (Å²) < 4.78 is 16.1. The van der Waals surface area contributed by atoms with Crippen LogP contribution < -0.4 is 9.47 Å². The Bertz CT molecular complexity index is 717. The second kappa shape index (κ2) is 7.29. The van der Waals surface area contributed by atoms with Crippen molar-refractivity contribution in [2.24, 2.45) is 0 Å². The normalized spacial score (nSPS) is 14.2. The molecule has 1 unspecified atom stereocenters. The van der Waals surface area contributed by atoms with E-state index >= 15 is 0 Å². The molecule has 128 valence electrons. The maximum absolute atomic E-state index is 12.4. The molecule has 0 bridgehead atoms. The van der Waals surface area contributed by atoms with Crippen molar-refractivity contribution in [3.8, 4) is 11.5 Å². The van der Waals surface area contributed by atoms with E-state index in [1.807, 2.05) is 6.92 Å². The summed E-state index contributed by atoms with van der Waals surface area (Å²) in [6.07, 6.45) is 3.14. The molecule has 1 atom stereocenters. The van der Waals surface area contributed by atoms with E-state index in [0.29, 0.717) is 12.0 Å². The number of carbonyl (C=O) groups excluding carboxylic acids is 3. The molecule has 0 saturated carbocycles. The zero-order valence-corrected chi connectivity index (χ0v) is 14.2. The predicted octanol–water partition coefficient (Wildman–Crippen LogP) is 3.04. The molecule has 1 aromatic rings. The van der Waals surface area contributed by atoms with Gasteiger partial charge in [0.15, 0.2) is 11.6 Å². The highest BCUT2D eigenvalue weighted by atomic mass is 16.5. The monoisotopic (exact) mass is 332 g/mol. The number of esters is 1. The molecule has 0 heterocycles. The van der Waals surface area contributed by atoms with Gasteiger partial charge in [-0.2, -0.15) is 0 Å². The zero-order valence-electron chi connectivity index (χ0n) is 14.2. The van der Waals surface area contributed by atoms with Crippen LogP contribution in [0, 0.1) is 0 Å². The van der Waals surface area contributed by atoms with Crippen LogP contribution in [0.4, 0.5) is 0 Å². The summed E-state index contributed by atoms with van der Waals surface area (Å²) in [7, 11) is 2.83. The van der Waals surface area contributed by atoms with E-state index in [9.17, 15) is 14.4 Å². The number of ketones is 2. The Hall–Kier alpha value is -2.63. The summed E-state index contributed by atoms with van der Waals surface area (Å²) in [6.45, 7) is 3.28. The average molecular weight is 332 g/mol. The lowest BCUT2D eigenvalue weighted by atomic mass is 9.88. The van der Waals surface area contributed by atoms with E-state index in [1.165, 1.54) is 33.3 Å². The smallest absolute Gasteiger partial charge is 0.303 e. The molecule has 1 aliphatic carbocycles. The summed E-state index contributed by atoms with van der Waals surface area (Å²) in [6, 6.07) is 1.60. The quantitative estimate of drug-likeness (QED) is 0.745. The van der Waals surface area contributed by atoms with Gasteiger partial charge in [0, 0.05) is 12.5 Å². The van der Waals surface area contributed by atoms with Gasteiger partial charge in [-0.15, -0.1) is 0 Å². The third-order valence-electron chi connectivity index (χ3n) is 3.78. The van der Waals surface area contributed by atoms with Crippen LogP contribution in [-0.2, 0) is 9.53 Å². The van der Waals surface area contributed by atoms with Gasteiger partial charge in [0.2, 0.25) is 0 Å². The van der Waals surface area contributed by atoms with Gasteiger partial charge in [0.25, 0.3) is 0 Å². The second-order valence-corrected chi connectivity index (χ2v) is 5.40. The van der Waals surface area contributed by atoms with Crippen molar-refractivity contribution in [3.63, 3.8) is 0 Å². The highest BCUT2D eigenvalue weighted by Crippen LogP contribution is 2.42. The summed E-state index contributed by atoms with van der Waals surface area (Å²) in [5.74, 6) is -0.607. The summed E-state index contributed by atoms with van der Waals surface area (Å²) in [4.78, 5) is 36.0. The third kappa shape index (κ3) is 3.18. The lowest BCUT2D eigenvalue weighted by Crippen LogP contribution is -2.18. The van der Waals surface area contributed by atoms with Gasteiger partial charge in [-0.05, 0) is 24.6 Å². The SMILES string of the molecule is CCCC(OC(C)=O)c1cc(OC)c2c(c1OC)C(=O)C=CC2=O. The Morgan fingerprint density at radius 1 is 1.08 bits per heavy atom. The first kappa shape index (κ1) is 17.7. The Morgan fingerprint density at radius 3 is 2.21 bits per heavy atom. The van der Waals surface area contributed by atoms with Crippen molar-refractivity contribution in [2.45, 2.75) is 32.8 Å². The molecule has 0 saturated heterocycles. The van der Waals surface area contributed by atoms with Gasteiger partial charge >= 0.3 is 5.97 Å². The minimum Gasteiger partial charge on any atom is -0.496 e. The first-order chi connectivity index (χ1) is 11.4. The van der Waals surface area contributed by atoms with Crippen molar-refractivity contribution < 1.29 is 28.6 Å². The van der Waals surface area contributed by atoms with Gasteiger partial charge in [0.05, 0.1) is 25.3 Å². The topological polar surface area (TPSA) is 78.9 Å². The number of rotatable bonds is 6. The molecule has 24 heavy (non-hydrogen) atoms. The van der Waals surface area contributed by atoms with Crippen molar-refractivity contribution in [1.82, 2.24) is 0 Å². The Morgan fingerprint density at radius 2 is 1.71 bits per heavy atom. The van der Waals surface area contributed by atoms with Crippen molar-refractivity contribution in [2.75, 3.05) is 14.2 Å². The molecule has 0 amide bonds. The molecule has 0 N–H and O–H groups in total. The number of carbonyl (C=O) groups is 3. The van der Waals surface area contributed by atoms with Crippen LogP contribution in [0.1, 0.15) is 59.1 Å². The van der Waals surface area contributed by atoms with E-state index in [4.69, 9.17) is 14.2 Å². The average Bonchev–Trinajstić information content (AvgIpc) is 2.55. The largest absolute Gasteiger partial charge is 0.496 e. The van der Waals surface area contributed by atoms with Crippen LogP contribution in [0.25, 0.3) is 0 Å². The fourth-order valence-corrected chi connectivity index (χ4v) is 2.82. The molecule has 0 aromatic heterocycles. The van der Waals surface area contributed by atoms with E-state index in [2.05, 4.69) is 0 Å². The summed E-state index contributed by atoms with van der Waals surface area (Å²) >= 11 is 0. The Labute approximate surface area is 140 Å². The molecule has 1 aromatic carbocycles. The lowest BCUT2D eigenvalue weighted by molar-refractivity contribution is -0.147. The molecule has 1 aliphatic rings. The number of benzene rings is 1. The van der Waals surface area contributed by atoms with Crippen molar-refractivity contribution >= 4 is 17.5 Å². The molecule has 6 heteroatoms. The molecule has 0 fully saturated rings. The van der Waals surface area contributed by atoms with Crippen molar-refractivity contribution in [3.05, 3.63) is 34.9 Å². The summed E-state index contributed by atoms with van der Waals surface area (Å²) in [5.41, 5.74) is 0.831.